The Balaban J connectivity index is 1.61. The monoisotopic (exact) mass is 407 g/mol. The molecular weight excluding hydrogens is 389 g/mol. The molecule has 0 N–H and O–H groups in total. The molecule has 0 radical (unpaired) electrons. The number of rotatable bonds is 5. The molecule has 1 saturated carbocycles. The summed E-state index contributed by atoms with van der Waals surface area (Å²) in [4.78, 5) is 0. The largest absolute Gasteiger partial charge is 0.461 e. The Labute approximate surface area is 166 Å². The van der Waals surface area contributed by atoms with Crippen LogP contribution in [-0.4, -0.2) is 14.8 Å². The van der Waals surface area contributed by atoms with E-state index in [1.807, 2.05) is 30.3 Å². The second kappa shape index (κ2) is 8.07. The Morgan fingerprint density at radius 2 is 1.92 bits per heavy atom. The fraction of sp³-hybridized carbons (Fsp3) is 0.368. The summed E-state index contributed by atoms with van der Waals surface area (Å²) in [5.41, 5.74) is 1.11. The maximum atomic E-state index is 6.13. The second-order valence-corrected chi connectivity index (χ2v) is 8.24. The lowest BCUT2D eigenvalue weighted by atomic mass is 9.95. The van der Waals surface area contributed by atoms with E-state index in [1.54, 1.807) is 18.0 Å². The summed E-state index contributed by atoms with van der Waals surface area (Å²) in [5, 5.41) is 11.0. The number of hydrogen-bond donors (Lipinski definition) is 0. The number of benzene rings is 1. The zero-order valence-electron chi connectivity index (χ0n) is 14.2. The molecule has 0 atom stereocenters. The van der Waals surface area contributed by atoms with E-state index in [1.165, 1.54) is 19.3 Å². The number of halogens is 2. The van der Waals surface area contributed by atoms with Gasteiger partial charge in [0, 0.05) is 11.8 Å². The van der Waals surface area contributed by atoms with E-state index in [2.05, 4.69) is 14.8 Å². The Morgan fingerprint density at radius 1 is 1.08 bits per heavy atom. The van der Waals surface area contributed by atoms with Gasteiger partial charge in [0.25, 0.3) is 0 Å². The molecule has 4 rings (SSSR count). The highest BCUT2D eigenvalue weighted by Crippen LogP contribution is 2.36. The van der Waals surface area contributed by atoms with Gasteiger partial charge in [-0.05, 0) is 42.7 Å². The van der Waals surface area contributed by atoms with E-state index in [0.29, 0.717) is 16.1 Å². The maximum absolute atomic E-state index is 6.13. The lowest BCUT2D eigenvalue weighted by Gasteiger charge is -2.25. The third-order valence-electron chi connectivity index (χ3n) is 4.70. The molecule has 7 heteroatoms. The molecule has 1 aromatic carbocycles. The molecule has 2 heterocycles. The molecule has 2 aromatic heterocycles. The molecule has 0 amide bonds. The molecule has 1 fully saturated rings. The minimum absolute atomic E-state index is 0.426. The molecular formula is C19H19Cl2N3OS. The topological polar surface area (TPSA) is 43.9 Å². The third-order valence-corrected chi connectivity index (χ3v) is 6.45. The van der Waals surface area contributed by atoms with Crippen LogP contribution < -0.4 is 0 Å². The number of furan rings is 1. The number of aromatic nitrogens is 3. The summed E-state index contributed by atoms with van der Waals surface area (Å²) in [5.74, 6) is 2.35. The minimum atomic E-state index is 0.426. The average Bonchev–Trinajstić information content (AvgIpc) is 3.32. The molecule has 0 unspecified atom stereocenters. The first-order chi connectivity index (χ1) is 12.7. The van der Waals surface area contributed by atoms with Gasteiger partial charge in [0.2, 0.25) is 5.82 Å². The van der Waals surface area contributed by atoms with Gasteiger partial charge in [0.05, 0.1) is 16.3 Å². The van der Waals surface area contributed by atoms with Gasteiger partial charge in [-0.2, -0.15) is 0 Å². The van der Waals surface area contributed by atoms with Gasteiger partial charge in [-0.3, -0.25) is 4.57 Å². The van der Waals surface area contributed by atoms with E-state index >= 15 is 0 Å². The second-order valence-electron chi connectivity index (χ2n) is 6.48. The summed E-state index contributed by atoms with van der Waals surface area (Å²) < 4.78 is 7.86. The zero-order chi connectivity index (χ0) is 17.9. The molecule has 4 nitrogen and oxygen atoms in total. The van der Waals surface area contributed by atoms with E-state index in [9.17, 15) is 0 Å². The van der Waals surface area contributed by atoms with Crippen molar-refractivity contribution < 1.29 is 4.42 Å². The van der Waals surface area contributed by atoms with Gasteiger partial charge in [0.1, 0.15) is 0 Å². The molecule has 26 heavy (non-hydrogen) atoms. The predicted molar refractivity (Wildman–Crippen MR) is 106 cm³/mol. The first kappa shape index (κ1) is 18.0. The first-order valence-electron chi connectivity index (χ1n) is 8.78. The van der Waals surface area contributed by atoms with Gasteiger partial charge in [-0.25, -0.2) is 0 Å². The van der Waals surface area contributed by atoms with Crippen molar-refractivity contribution in [3.8, 4) is 11.6 Å². The molecule has 3 aromatic rings. The Morgan fingerprint density at radius 3 is 2.65 bits per heavy atom. The van der Waals surface area contributed by atoms with Crippen molar-refractivity contribution in [1.29, 1.82) is 0 Å². The van der Waals surface area contributed by atoms with Crippen molar-refractivity contribution in [1.82, 2.24) is 14.8 Å². The third kappa shape index (κ3) is 3.80. The van der Waals surface area contributed by atoms with E-state index in [0.717, 1.165) is 40.9 Å². The average molecular weight is 408 g/mol. The Bertz CT molecular complexity index is 873. The summed E-state index contributed by atoms with van der Waals surface area (Å²) in [6.45, 7) is 0. The molecule has 1 aliphatic carbocycles. The normalized spacial score (nSPS) is 15.5. The van der Waals surface area contributed by atoms with Crippen LogP contribution in [0, 0.1) is 0 Å². The predicted octanol–water partition coefficient (Wildman–Crippen LogP) is 6.64. The zero-order valence-corrected chi connectivity index (χ0v) is 16.5. The van der Waals surface area contributed by atoms with Crippen molar-refractivity contribution in [3.63, 3.8) is 0 Å². The van der Waals surface area contributed by atoms with Gasteiger partial charge >= 0.3 is 0 Å². The van der Waals surface area contributed by atoms with Crippen LogP contribution in [0.15, 0.2) is 46.2 Å². The number of thioether (sulfide) groups is 1. The van der Waals surface area contributed by atoms with Gasteiger partial charge in [-0.1, -0.05) is 60.3 Å². The van der Waals surface area contributed by atoms with Crippen LogP contribution >= 0.6 is 35.0 Å². The maximum Gasteiger partial charge on any atom is 0.200 e. The van der Waals surface area contributed by atoms with Crippen LogP contribution in [-0.2, 0) is 5.75 Å². The van der Waals surface area contributed by atoms with Crippen molar-refractivity contribution in [2.45, 2.75) is 49.1 Å². The Hall–Kier alpha value is -1.43. The summed E-state index contributed by atoms with van der Waals surface area (Å²) in [6.07, 6.45) is 7.80. The highest BCUT2D eigenvalue weighted by atomic mass is 35.5. The number of hydrogen-bond acceptors (Lipinski definition) is 4. The van der Waals surface area contributed by atoms with Crippen LogP contribution in [0.25, 0.3) is 11.6 Å². The lowest BCUT2D eigenvalue weighted by Crippen LogP contribution is -2.15. The smallest absolute Gasteiger partial charge is 0.200 e. The quantitative estimate of drug-likeness (QED) is 0.444. The summed E-state index contributed by atoms with van der Waals surface area (Å²) >= 11 is 13.8. The van der Waals surface area contributed by atoms with Crippen LogP contribution in [0.2, 0.25) is 10.0 Å². The van der Waals surface area contributed by atoms with Crippen molar-refractivity contribution in [2.24, 2.45) is 0 Å². The molecule has 136 valence electrons. The molecule has 0 aliphatic heterocycles. The molecule has 1 aliphatic rings. The van der Waals surface area contributed by atoms with E-state index < -0.39 is 0 Å². The first-order valence-corrected chi connectivity index (χ1v) is 10.5. The fourth-order valence-corrected chi connectivity index (χ4v) is 4.66. The van der Waals surface area contributed by atoms with Crippen molar-refractivity contribution in [2.75, 3.05) is 0 Å². The van der Waals surface area contributed by atoms with Crippen molar-refractivity contribution in [3.05, 3.63) is 52.2 Å². The molecule has 0 spiro atoms. The van der Waals surface area contributed by atoms with Crippen LogP contribution in [0.1, 0.15) is 43.7 Å². The lowest BCUT2D eigenvalue weighted by molar-refractivity contribution is 0.337. The summed E-state index contributed by atoms with van der Waals surface area (Å²) in [6, 6.07) is 9.99. The van der Waals surface area contributed by atoms with E-state index in [-0.39, 0.29) is 0 Å². The highest BCUT2D eigenvalue weighted by molar-refractivity contribution is 7.98. The fourth-order valence-electron chi connectivity index (χ4n) is 3.39. The van der Waals surface area contributed by atoms with Crippen LogP contribution in [0.5, 0.6) is 0 Å². The number of nitrogens with zero attached hydrogens (tertiary/aromatic N) is 3. The minimum Gasteiger partial charge on any atom is -0.461 e. The molecule has 0 bridgehead atoms. The van der Waals surface area contributed by atoms with Gasteiger partial charge in [0.15, 0.2) is 10.9 Å². The van der Waals surface area contributed by atoms with Crippen LogP contribution in [0.4, 0.5) is 0 Å². The molecule has 0 saturated heterocycles. The standard InChI is InChI=1S/C19H19Cl2N3OS/c20-15-9-8-13(11-16(15)21)12-26-19-23-22-18(17-7-4-10-25-17)24(19)14-5-2-1-3-6-14/h4,7-11,14H,1-3,5-6,12H2. The highest BCUT2D eigenvalue weighted by Gasteiger charge is 2.24. The van der Waals surface area contributed by atoms with Gasteiger partial charge < -0.3 is 4.42 Å². The summed E-state index contributed by atoms with van der Waals surface area (Å²) in [7, 11) is 0. The van der Waals surface area contributed by atoms with Crippen LogP contribution in [0.3, 0.4) is 0 Å². The Kier molecular flexibility index (Phi) is 5.57. The van der Waals surface area contributed by atoms with Gasteiger partial charge in [-0.15, -0.1) is 10.2 Å². The SMILES string of the molecule is Clc1ccc(CSc2nnc(-c3ccco3)n2C2CCCCC2)cc1Cl. The van der Waals surface area contributed by atoms with E-state index in [4.69, 9.17) is 27.6 Å². The van der Waals surface area contributed by atoms with Crippen molar-refractivity contribution >= 4 is 35.0 Å².